The fraction of sp³-hybridized carbons (Fsp3) is 0.600. The Labute approximate surface area is 176 Å². The normalized spacial score (nSPS) is 14.2. The molecule has 0 aromatic carbocycles. The lowest BCUT2D eigenvalue weighted by atomic mass is 9.90. The topological polar surface area (TPSA) is 18.5 Å². The van der Waals surface area contributed by atoms with E-state index in [1.54, 1.807) is 7.11 Å². The summed E-state index contributed by atoms with van der Waals surface area (Å²) in [6.45, 7) is 30.5. The summed E-state index contributed by atoms with van der Waals surface area (Å²) in [6, 6.07) is 0. The van der Waals surface area contributed by atoms with Gasteiger partial charge in [-0.3, -0.25) is 0 Å². The first-order chi connectivity index (χ1) is 12.8. The highest BCUT2D eigenvalue weighted by atomic mass is 28.4. The first-order valence-electron chi connectivity index (χ1n) is 10.2. The van der Waals surface area contributed by atoms with E-state index in [1.165, 1.54) is 22.3 Å². The van der Waals surface area contributed by atoms with Gasteiger partial charge in [-0.05, 0) is 68.5 Å². The minimum absolute atomic E-state index is 0.0161. The zero-order valence-corrected chi connectivity index (χ0v) is 21.0. The van der Waals surface area contributed by atoms with Gasteiger partial charge < -0.3 is 9.16 Å². The Bertz CT molecular complexity index is 611. The first-order valence-corrected chi connectivity index (χ1v) is 13.1. The lowest BCUT2D eigenvalue weighted by molar-refractivity contribution is 0.128. The van der Waals surface area contributed by atoms with Gasteiger partial charge in [0.05, 0.1) is 12.7 Å². The van der Waals surface area contributed by atoms with Crippen molar-refractivity contribution < 1.29 is 9.16 Å². The molecular weight excluding hydrogens is 360 g/mol. The van der Waals surface area contributed by atoms with E-state index in [0.29, 0.717) is 6.61 Å². The molecule has 0 aliphatic rings. The molecule has 0 saturated carbocycles. The Hall–Kier alpha value is -1.16. The minimum atomic E-state index is -1.84. The molecule has 0 amide bonds. The molecule has 0 aliphatic carbocycles. The molecule has 3 heteroatoms. The molecule has 0 radical (unpaired) electrons. The van der Waals surface area contributed by atoms with Crippen LogP contribution in [0.4, 0.5) is 0 Å². The lowest BCUT2D eigenvalue weighted by Gasteiger charge is -2.37. The van der Waals surface area contributed by atoms with E-state index in [4.69, 9.17) is 9.16 Å². The summed E-state index contributed by atoms with van der Waals surface area (Å²) in [4.78, 5) is 0. The fourth-order valence-corrected chi connectivity index (χ4v) is 3.91. The second-order valence-electron chi connectivity index (χ2n) is 9.35. The molecule has 0 heterocycles. The maximum Gasteiger partial charge on any atom is 0.192 e. The number of hydrogen-bond acceptors (Lipinski definition) is 2. The molecule has 2 nitrogen and oxygen atoms in total. The van der Waals surface area contributed by atoms with E-state index in [9.17, 15) is 0 Å². The first kappa shape index (κ1) is 26.8. The van der Waals surface area contributed by atoms with Crippen LogP contribution in [0.5, 0.6) is 0 Å². The Morgan fingerprint density at radius 3 is 1.93 bits per heavy atom. The average molecular weight is 405 g/mol. The fourth-order valence-electron chi connectivity index (χ4n) is 2.94. The summed E-state index contributed by atoms with van der Waals surface area (Å²) < 4.78 is 12.5. The molecule has 0 bridgehead atoms. The van der Waals surface area contributed by atoms with Crippen LogP contribution >= 0.6 is 0 Å². The molecule has 0 fully saturated rings. The van der Waals surface area contributed by atoms with Gasteiger partial charge in [0, 0.05) is 13.5 Å². The molecule has 160 valence electrons. The number of ether oxygens (including phenoxy) is 1. The van der Waals surface area contributed by atoms with Gasteiger partial charge in [-0.1, -0.05) is 50.6 Å². The molecule has 1 unspecified atom stereocenters. The van der Waals surface area contributed by atoms with Crippen LogP contribution in [0.15, 0.2) is 59.8 Å². The summed E-state index contributed by atoms with van der Waals surface area (Å²) in [6.07, 6.45) is 6.31. The van der Waals surface area contributed by atoms with Crippen molar-refractivity contribution in [2.24, 2.45) is 0 Å². The van der Waals surface area contributed by atoms with Crippen LogP contribution in [0.2, 0.25) is 18.1 Å². The minimum Gasteiger partial charge on any atom is -0.413 e. The Kier molecular flexibility index (Phi) is 11.3. The highest BCUT2D eigenvalue weighted by molar-refractivity contribution is 6.74. The van der Waals surface area contributed by atoms with Crippen molar-refractivity contribution in [2.45, 2.75) is 85.0 Å². The molecule has 0 N–H and O–H groups in total. The Morgan fingerprint density at radius 1 is 1.04 bits per heavy atom. The Morgan fingerprint density at radius 2 is 1.57 bits per heavy atom. The van der Waals surface area contributed by atoms with Gasteiger partial charge in [-0.2, -0.15) is 0 Å². The number of hydrogen-bond donors (Lipinski definition) is 0. The number of rotatable bonds is 12. The molecule has 0 saturated heterocycles. The molecule has 0 aromatic heterocycles. The molecule has 0 aromatic rings. The summed E-state index contributed by atoms with van der Waals surface area (Å²) in [7, 11) is -0.0501. The van der Waals surface area contributed by atoms with Crippen molar-refractivity contribution in [2.75, 3.05) is 13.7 Å². The maximum atomic E-state index is 6.54. The predicted molar refractivity (Wildman–Crippen MR) is 128 cm³/mol. The van der Waals surface area contributed by atoms with E-state index in [-0.39, 0.29) is 11.1 Å². The smallest absolute Gasteiger partial charge is 0.192 e. The predicted octanol–water partition coefficient (Wildman–Crippen LogP) is 7.77. The summed E-state index contributed by atoms with van der Waals surface area (Å²) in [5, 5.41) is 0.181. The second kappa shape index (κ2) is 11.7. The highest BCUT2D eigenvalue weighted by Crippen LogP contribution is 2.37. The van der Waals surface area contributed by atoms with E-state index in [1.807, 2.05) is 12.2 Å². The lowest BCUT2D eigenvalue weighted by Crippen LogP contribution is -2.41. The molecular formula is C25H44O2Si. The molecule has 28 heavy (non-hydrogen) atoms. The maximum absolute atomic E-state index is 6.54. The molecule has 0 spiro atoms. The van der Waals surface area contributed by atoms with Gasteiger partial charge in [-0.15, -0.1) is 13.2 Å². The largest absolute Gasteiger partial charge is 0.413 e. The third-order valence-corrected chi connectivity index (χ3v) is 10.3. The van der Waals surface area contributed by atoms with Gasteiger partial charge in [0.2, 0.25) is 0 Å². The van der Waals surface area contributed by atoms with Crippen molar-refractivity contribution in [3.63, 3.8) is 0 Å². The zero-order valence-electron chi connectivity index (χ0n) is 20.0. The van der Waals surface area contributed by atoms with E-state index in [2.05, 4.69) is 74.4 Å². The van der Waals surface area contributed by atoms with Crippen molar-refractivity contribution in [1.82, 2.24) is 0 Å². The van der Waals surface area contributed by atoms with Crippen molar-refractivity contribution in [3.8, 4) is 0 Å². The van der Waals surface area contributed by atoms with Crippen LogP contribution in [-0.2, 0) is 9.16 Å². The zero-order chi connectivity index (χ0) is 22.1. The van der Waals surface area contributed by atoms with Gasteiger partial charge in [0.25, 0.3) is 0 Å². The molecule has 1 atom stereocenters. The summed E-state index contributed by atoms with van der Waals surface area (Å²) in [5.74, 6) is 0. The SMILES string of the molecule is C=CC/C(CO[Si](C)(C)C(C)(C)C)=C(\CC=C)C(CC(C(=C)C)=C(C)C)OC. The van der Waals surface area contributed by atoms with Crippen LogP contribution in [0.25, 0.3) is 0 Å². The number of allylic oxidation sites excluding steroid dienone is 4. The van der Waals surface area contributed by atoms with Crippen LogP contribution in [0.1, 0.15) is 60.8 Å². The van der Waals surface area contributed by atoms with E-state index in [0.717, 1.165) is 24.8 Å². The quantitative estimate of drug-likeness (QED) is 0.188. The number of methoxy groups -OCH3 is 1. The van der Waals surface area contributed by atoms with Crippen molar-refractivity contribution in [3.05, 3.63) is 59.8 Å². The van der Waals surface area contributed by atoms with Crippen LogP contribution < -0.4 is 0 Å². The van der Waals surface area contributed by atoms with Gasteiger partial charge in [0.1, 0.15) is 0 Å². The highest BCUT2D eigenvalue weighted by Gasteiger charge is 2.37. The third-order valence-electron chi connectivity index (χ3n) is 5.80. The van der Waals surface area contributed by atoms with E-state index < -0.39 is 8.32 Å². The van der Waals surface area contributed by atoms with Crippen LogP contribution in [0.3, 0.4) is 0 Å². The summed E-state index contributed by atoms with van der Waals surface area (Å²) in [5.41, 5.74) is 6.19. The van der Waals surface area contributed by atoms with E-state index >= 15 is 0 Å². The Balaban J connectivity index is 6.01. The monoisotopic (exact) mass is 404 g/mol. The van der Waals surface area contributed by atoms with Crippen LogP contribution in [-0.4, -0.2) is 28.1 Å². The van der Waals surface area contributed by atoms with Gasteiger partial charge >= 0.3 is 0 Å². The standard InChI is InChI=1S/C25H44O2Si/c1-13-15-21(18-27-28(11,12)25(7,8)9)22(16-14-2)24(26-10)17-23(19(3)4)20(5)6/h13-14,24H,1-3,15-18H2,4-12H3/b22-21-. The molecule has 0 rings (SSSR count). The van der Waals surface area contributed by atoms with Crippen molar-refractivity contribution >= 4 is 8.32 Å². The van der Waals surface area contributed by atoms with Gasteiger partial charge in [0.15, 0.2) is 8.32 Å². The summed E-state index contributed by atoms with van der Waals surface area (Å²) >= 11 is 0. The third kappa shape index (κ3) is 8.06. The average Bonchev–Trinajstić information content (AvgIpc) is 2.56. The second-order valence-corrected chi connectivity index (χ2v) is 14.2. The molecule has 0 aliphatic heterocycles. The van der Waals surface area contributed by atoms with Crippen molar-refractivity contribution in [1.29, 1.82) is 0 Å². The van der Waals surface area contributed by atoms with Gasteiger partial charge in [-0.25, -0.2) is 0 Å². The van der Waals surface area contributed by atoms with Crippen LogP contribution in [0, 0.1) is 0 Å².